The SMILES string of the molecule is CCCc1cc(-c2ccccc2OCc2ccccc2)ccc1C(=O)N1CCN(C)CCCN(C(=O)COC)c2ccccc2C1. The summed E-state index contributed by atoms with van der Waals surface area (Å²) in [6, 6.07) is 32.3. The highest BCUT2D eigenvalue weighted by Crippen LogP contribution is 2.33. The Bertz CT molecular complexity index is 1610. The van der Waals surface area contributed by atoms with E-state index in [-0.39, 0.29) is 18.4 Å². The molecule has 0 atom stereocenters. The normalized spacial score (nSPS) is 14.3. The third kappa shape index (κ3) is 8.22. The molecule has 0 saturated heterocycles. The minimum Gasteiger partial charge on any atom is -0.488 e. The van der Waals surface area contributed by atoms with E-state index >= 15 is 0 Å². The molecule has 0 fully saturated rings. The summed E-state index contributed by atoms with van der Waals surface area (Å²) >= 11 is 0. The molecular weight excluding hydrogens is 574 g/mol. The number of carbonyl (C=O) groups excluding carboxylic acids is 2. The molecule has 2 amide bonds. The van der Waals surface area contributed by atoms with E-state index in [0.29, 0.717) is 26.2 Å². The van der Waals surface area contributed by atoms with Gasteiger partial charge in [0.1, 0.15) is 19.0 Å². The van der Waals surface area contributed by atoms with E-state index in [0.717, 1.165) is 77.2 Å². The van der Waals surface area contributed by atoms with Crippen LogP contribution >= 0.6 is 0 Å². The second-order valence-electron chi connectivity index (χ2n) is 11.9. The van der Waals surface area contributed by atoms with Gasteiger partial charge in [-0.1, -0.05) is 92.2 Å². The van der Waals surface area contributed by atoms with Gasteiger partial charge in [-0.2, -0.15) is 0 Å². The van der Waals surface area contributed by atoms with Crippen LogP contribution in [0.1, 0.15) is 46.8 Å². The van der Waals surface area contributed by atoms with E-state index in [9.17, 15) is 9.59 Å². The molecule has 7 heteroatoms. The summed E-state index contributed by atoms with van der Waals surface area (Å²) in [4.78, 5) is 33.5. The molecule has 1 aliphatic rings. The van der Waals surface area contributed by atoms with Crippen LogP contribution in [-0.2, 0) is 29.1 Å². The predicted octanol–water partition coefficient (Wildman–Crippen LogP) is 6.84. The molecule has 7 nitrogen and oxygen atoms in total. The minimum atomic E-state index is -0.0800. The summed E-state index contributed by atoms with van der Waals surface area (Å²) in [6.45, 7) is 5.78. The molecule has 4 aromatic carbocycles. The Labute approximate surface area is 273 Å². The van der Waals surface area contributed by atoms with Crippen LogP contribution in [0.15, 0.2) is 97.1 Å². The van der Waals surface area contributed by atoms with Gasteiger partial charge in [-0.15, -0.1) is 0 Å². The lowest BCUT2D eigenvalue weighted by atomic mass is 9.95. The number of benzene rings is 4. The number of likely N-dealkylation sites (N-methyl/N-ethyl adjacent to an activating group) is 1. The fourth-order valence-electron chi connectivity index (χ4n) is 6.03. The maximum Gasteiger partial charge on any atom is 0.254 e. The fourth-order valence-corrected chi connectivity index (χ4v) is 6.03. The molecule has 1 aliphatic heterocycles. The Hall–Kier alpha value is -4.46. The highest BCUT2D eigenvalue weighted by molar-refractivity contribution is 5.97. The number of rotatable bonds is 9. The van der Waals surface area contributed by atoms with E-state index < -0.39 is 0 Å². The van der Waals surface area contributed by atoms with Gasteiger partial charge in [0.25, 0.3) is 11.8 Å². The quantitative estimate of drug-likeness (QED) is 0.205. The molecule has 46 heavy (non-hydrogen) atoms. The van der Waals surface area contributed by atoms with Gasteiger partial charge in [0, 0.05) is 50.1 Å². The van der Waals surface area contributed by atoms with Gasteiger partial charge in [0.05, 0.1) is 0 Å². The molecule has 0 aliphatic carbocycles. The fraction of sp³-hybridized carbons (Fsp3) is 0.333. The third-order valence-corrected chi connectivity index (χ3v) is 8.46. The van der Waals surface area contributed by atoms with Crippen molar-refractivity contribution >= 4 is 17.5 Å². The summed E-state index contributed by atoms with van der Waals surface area (Å²) in [5, 5.41) is 0. The van der Waals surface area contributed by atoms with Gasteiger partial charge < -0.3 is 24.2 Å². The Morgan fingerprint density at radius 3 is 2.39 bits per heavy atom. The smallest absolute Gasteiger partial charge is 0.254 e. The third-order valence-electron chi connectivity index (χ3n) is 8.46. The number of aryl methyl sites for hydroxylation is 1. The lowest BCUT2D eigenvalue weighted by molar-refractivity contribution is -0.122. The Balaban J connectivity index is 1.46. The number of hydrogen-bond donors (Lipinski definition) is 0. The first-order valence-electron chi connectivity index (χ1n) is 16.2. The molecule has 0 N–H and O–H groups in total. The molecule has 0 saturated carbocycles. The van der Waals surface area contributed by atoms with Crippen LogP contribution in [0.5, 0.6) is 5.75 Å². The van der Waals surface area contributed by atoms with E-state index in [4.69, 9.17) is 9.47 Å². The van der Waals surface area contributed by atoms with Gasteiger partial charge in [0.2, 0.25) is 0 Å². The summed E-state index contributed by atoms with van der Waals surface area (Å²) in [7, 11) is 3.61. The van der Waals surface area contributed by atoms with Gasteiger partial charge in [0.15, 0.2) is 0 Å². The molecule has 0 bridgehead atoms. The highest BCUT2D eigenvalue weighted by atomic mass is 16.5. The second kappa shape index (κ2) is 16.2. The summed E-state index contributed by atoms with van der Waals surface area (Å²) in [5.41, 5.74) is 6.66. The Morgan fingerprint density at radius 1 is 0.826 bits per heavy atom. The van der Waals surface area contributed by atoms with Crippen LogP contribution in [-0.4, -0.2) is 68.6 Å². The number of fused-ring (bicyclic) bond motifs is 1. The number of methoxy groups -OCH3 is 1. The maximum absolute atomic E-state index is 14.4. The van der Waals surface area contributed by atoms with Crippen molar-refractivity contribution < 1.29 is 19.1 Å². The molecule has 1 heterocycles. The lowest BCUT2D eigenvalue weighted by Gasteiger charge is -2.28. The van der Waals surface area contributed by atoms with Crippen molar-refractivity contribution in [3.63, 3.8) is 0 Å². The molecule has 5 rings (SSSR count). The van der Waals surface area contributed by atoms with E-state index in [1.165, 1.54) is 0 Å². The van der Waals surface area contributed by atoms with E-state index in [1.807, 2.05) is 82.6 Å². The van der Waals surface area contributed by atoms with E-state index in [2.05, 4.69) is 43.1 Å². The van der Waals surface area contributed by atoms with Crippen molar-refractivity contribution in [1.82, 2.24) is 9.80 Å². The molecule has 0 radical (unpaired) electrons. The molecule has 4 aromatic rings. The standard InChI is InChI=1S/C39H45N3O4/c1-4-13-31-26-32(34-17-9-11-19-37(34)46-28-30-14-6-5-7-15-30)20-21-35(31)39(44)41-25-24-40(2)22-12-23-42(38(43)29-45-3)36-18-10-8-16-33(36)27-41/h5-11,14-21,26H,4,12-13,22-25,27-29H2,1-3H3. The summed E-state index contributed by atoms with van der Waals surface area (Å²) in [5.74, 6) is 0.733. The zero-order valence-corrected chi connectivity index (χ0v) is 27.3. The highest BCUT2D eigenvalue weighted by Gasteiger charge is 2.25. The van der Waals surface area contributed by atoms with Crippen molar-refractivity contribution in [2.24, 2.45) is 0 Å². The lowest BCUT2D eigenvalue weighted by Crippen LogP contribution is -2.37. The molecule has 0 unspecified atom stereocenters. The van der Waals surface area contributed by atoms with Gasteiger partial charge in [-0.05, 0) is 66.9 Å². The number of nitrogens with zero attached hydrogens (tertiary/aromatic N) is 3. The molecule has 240 valence electrons. The van der Waals surface area contributed by atoms with Crippen LogP contribution in [0.4, 0.5) is 5.69 Å². The van der Waals surface area contributed by atoms with Crippen LogP contribution in [0.3, 0.4) is 0 Å². The Morgan fingerprint density at radius 2 is 1.59 bits per heavy atom. The van der Waals surface area contributed by atoms with Crippen molar-refractivity contribution in [2.75, 3.05) is 51.8 Å². The van der Waals surface area contributed by atoms with Crippen LogP contribution in [0, 0.1) is 0 Å². The predicted molar refractivity (Wildman–Crippen MR) is 184 cm³/mol. The zero-order chi connectivity index (χ0) is 32.3. The van der Waals surface area contributed by atoms with Crippen molar-refractivity contribution in [3.8, 4) is 16.9 Å². The van der Waals surface area contributed by atoms with Gasteiger partial charge in [-0.25, -0.2) is 0 Å². The molecular formula is C39H45N3O4. The topological polar surface area (TPSA) is 62.3 Å². The maximum atomic E-state index is 14.4. The number of hydrogen-bond acceptors (Lipinski definition) is 5. The second-order valence-corrected chi connectivity index (χ2v) is 11.9. The average molecular weight is 620 g/mol. The largest absolute Gasteiger partial charge is 0.488 e. The number of ether oxygens (including phenoxy) is 2. The van der Waals surface area contributed by atoms with Gasteiger partial charge in [-0.3, -0.25) is 9.59 Å². The Kier molecular flexibility index (Phi) is 11.6. The van der Waals surface area contributed by atoms with Crippen LogP contribution in [0.25, 0.3) is 11.1 Å². The number of amides is 2. The van der Waals surface area contributed by atoms with Gasteiger partial charge >= 0.3 is 0 Å². The van der Waals surface area contributed by atoms with Crippen LogP contribution < -0.4 is 9.64 Å². The number of carbonyl (C=O) groups is 2. The van der Waals surface area contributed by atoms with Crippen LogP contribution in [0.2, 0.25) is 0 Å². The number of para-hydroxylation sites is 2. The zero-order valence-electron chi connectivity index (χ0n) is 27.3. The van der Waals surface area contributed by atoms with Crippen molar-refractivity contribution in [3.05, 3.63) is 119 Å². The molecule has 0 spiro atoms. The summed E-state index contributed by atoms with van der Waals surface area (Å²) < 4.78 is 11.5. The number of anilines is 1. The summed E-state index contributed by atoms with van der Waals surface area (Å²) in [6.07, 6.45) is 2.52. The first-order valence-corrected chi connectivity index (χ1v) is 16.2. The molecule has 0 aromatic heterocycles. The first kappa shape index (κ1) is 32.9. The van der Waals surface area contributed by atoms with Crippen molar-refractivity contribution in [2.45, 2.75) is 39.3 Å². The van der Waals surface area contributed by atoms with Crippen molar-refractivity contribution in [1.29, 1.82) is 0 Å². The minimum absolute atomic E-state index is 0.000769. The van der Waals surface area contributed by atoms with E-state index in [1.54, 1.807) is 7.11 Å². The monoisotopic (exact) mass is 619 g/mol. The first-order chi connectivity index (χ1) is 22.5. The average Bonchev–Trinajstić information content (AvgIpc) is 3.11.